The maximum Gasteiger partial charge on any atom is 0.309 e. The molecule has 0 aromatic carbocycles. The predicted molar refractivity (Wildman–Crippen MR) is 39.0 cm³/mol. The lowest BCUT2D eigenvalue weighted by Crippen LogP contribution is -2.23. The van der Waals surface area contributed by atoms with Gasteiger partial charge in [0.25, 0.3) is 0 Å². The minimum Gasteiger partial charge on any atom is -0.469 e. The van der Waals surface area contributed by atoms with Crippen molar-refractivity contribution < 1.29 is 14.3 Å². The highest BCUT2D eigenvalue weighted by molar-refractivity contribution is 5.85. The summed E-state index contributed by atoms with van der Waals surface area (Å²) in [4.78, 5) is 21.8. The van der Waals surface area contributed by atoms with Gasteiger partial charge < -0.3 is 4.74 Å². The number of carbonyl (C=O) groups excluding carboxylic acids is 2. The van der Waals surface area contributed by atoms with Gasteiger partial charge in [-0.1, -0.05) is 0 Å². The fourth-order valence-electron chi connectivity index (χ4n) is 1.39. The second kappa shape index (κ2) is 3.51. The van der Waals surface area contributed by atoms with Gasteiger partial charge in [0.15, 0.2) is 0 Å². The van der Waals surface area contributed by atoms with E-state index < -0.39 is 0 Å². The molecular formula is C8H12O3. The Bertz CT molecular complexity index is 174. The van der Waals surface area contributed by atoms with Gasteiger partial charge in [-0.2, -0.15) is 0 Å². The first-order chi connectivity index (χ1) is 5.24. The molecular weight excluding hydrogens is 144 g/mol. The molecule has 3 heteroatoms. The topological polar surface area (TPSA) is 43.4 Å². The van der Waals surface area contributed by atoms with Gasteiger partial charge in [0.1, 0.15) is 5.78 Å². The molecule has 1 aliphatic carbocycles. The Kier molecular flexibility index (Phi) is 2.63. The van der Waals surface area contributed by atoms with Crippen LogP contribution in [0, 0.1) is 5.92 Å². The average molecular weight is 156 g/mol. The smallest absolute Gasteiger partial charge is 0.309 e. The van der Waals surface area contributed by atoms with Crippen LogP contribution in [0.4, 0.5) is 0 Å². The van der Waals surface area contributed by atoms with E-state index in [-0.39, 0.29) is 17.7 Å². The molecule has 0 aromatic rings. The van der Waals surface area contributed by atoms with Gasteiger partial charge in [-0.25, -0.2) is 0 Å². The molecule has 0 aromatic heterocycles. The molecule has 0 aliphatic heterocycles. The van der Waals surface area contributed by atoms with Gasteiger partial charge in [-0.3, -0.25) is 9.59 Å². The van der Waals surface area contributed by atoms with Crippen LogP contribution in [0.1, 0.15) is 25.7 Å². The highest BCUT2D eigenvalue weighted by Crippen LogP contribution is 2.21. The molecule has 11 heavy (non-hydrogen) atoms. The first kappa shape index (κ1) is 8.24. The van der Waals surface area contributed by atoms with Crippen molar-refractivity contribution in [2.75, 3.05) is 7.11 Å². The Hall–Kier alpha value is -0.860. The summed E-state index contributed by atoms with van der Waals surface area (Å²) >= 11 is 0. The maximum atomic E-state index is 10.9. The molecule has 0 amide bonds. The Morgan fingerprint density at radius 3 is 2.91 bits per heavy atom. The number of carbonyl (C=O) groups is 2. The Morgan fingerprint density at radius 2 is 2.36 bits per heavy atom. The van der Waals surface area contributed by atoms with Crippen LogP contribution in [0.15, 0.2) is 0 Å². The van der Waals surface area contributed by atoms with Gasteiger partial charge in [0.2, 0.25) is 0 Å². The lowest BCUT2D eigenvalue weighted by Gasteiger charge is -2.17. The molecule has 3 nitrogen and oxygen atoms in total. The van der Waals surface area contributed by atoms with E-state index in [1.807, 2.05) is 0 Å². The average Bonchev–Trinajstić information content (AvgIpc) is 2.03. The third kappa shape index (κ3) is 2.03. The van der Waals surface area contributed by atoms with Crippen molar-refractivity contribution in [3.8, 4) is 0 Å². The minimum atomic E-state index is -0.238. The molecule has 1 rings (SSSR count). The number of ketones is 1. The van der Waals surface area contributed by atoms with Crippen LogP contribution in [-0.4, -0.2) is 18.9 Å². The minimum absolute atomic E-state index is 0.166. The van der Waals surface area contributed by atoms with Gasteiger partial charge in [0, 0.05) is 12.8 Å². The fraction of sp³-hybridized carbons (Fsp3) is 0.750. The first-order valence-corrected chi connectivity index (χ1v) is 3.83. The van der Waals surface area contributed by atoms with Gasteiger partial charge >= 0.3 is 5.97 Å². The van der Waals surface area contributed by atoms with Crippen LogP contribution >= 0.6 is 0 Å². The molecule has 0 radical (unpaired) electrons. The highest BCUT2D eigenvalue weighted by atomic mass is 16.5. The molecule has 62 valence electrons. The first-order valence-electron chi connectivity index (χ1n) is 3.83. The number of hydrogen-bond donors (Lipinski definition) is 0. The summed E-state index contributed by atoms with van der Waals surface area (Å²) in [5, 5.41) is 0. The Balaban J connectivity index is 2.45. The number of hydrogen-bond acceptors (Lipinski definition) is 3. The van der Waals surface area contributed by atoms with Crippen LogP contribution < -0.4 is 0 Å². The Labute approximate surface area is 65.7 Å². The summed E-state index contributed by atoms with van der Waals surface area (Å²) in [5.41, 5.74) is 0. The normalized spacial score (nSPS) is 24.8. The second-order valence-electron chi connectivity index (χ2n) is 2.86. The van der Waals surface area contributed by atoms with E-state index in [2.05, 4.69) is 4.74 Å². The lowest BCUT2D eigenvalue weighted by atomic mass is 9.88. The van der Waals surface area contributed by atoms with Crippen molar-refractivity contribution in [1.82, 2.24) is 0 Å². The maximum absolute atomic E-state index is 10.9. The zero-order valence-corrected chi connectivity index (χ0v) is 6.63. The molecule has 0 spiro atoms. The monoisotopic (exact) mass is 156 g/mol. The van der Waals surface area contributed by atoms with Crippen molar-refractivity contribution >= 4 is 11.8 Å². The van der Waals surface area contributed by atoms with Crippen LogP contribution in [-0.2, 0) is 14.3 Å². The van der Waals surface area contributed by atoms with Crippen molar-refractivity contribution in [3.63, 3.8) is 0 Å². The number of ether oxygens (including phenoxy) is 1. The molecule has 1 atom stereocenters. The number of rotatable bonds is 1. The zero-order valence-electron chi connectivity index (χ0n) is 6.63. The molecule has 0 N–H and O–H groups in total. The molecule has 0 unspecified atom stereocenters. The van der Waals surface area contributed by atoms with E-state index in [0.717, 1.165) is 12.8 Å². The van der Waals surface area contributed by atoms with Crippen molar-refractivity contribution in [2.45, 2.75) is 25.7 Å². The van der Waals surface area contributed by atoms with Crippen molar-refractivity contribution in [3.05, 3.63) is 0 Å². The van der Waals surface area contributed by atoms with Crippen LogP contribution in [0.3, 0.4) is 0 Å². The van der Waals surface area contributed by atoms with Gasteiger partial charge in [-0.15, -0.1) is 0 Å². The summed E-state index contributed by atoms with van der Waals surface area (Å²) < 4.78 is 4.55. The van der Waals surface area contributed by atoms with Crippen LogP contribution in [0.2, 0.25) is 0 Å². The lowest BCUT2D eigenvalue weighted by molar-refractivity contribution is -0.148. The second-order valence-corrected chi connectivity index (χ2v) is 2.86. The highest BCUT2D eigenvalue weighted by Gasteiger charge is 2.25. The number of methoxy groups -OCH3 is 1. The molecule has 0 bridgehead atoms. The molecule has 1 aliphatic rings. The molecule has 1 saturated carbocycles. The zero-order chi connectivity index (χ0) is 8.27. The number of Topliss-reactive ketones (excluding diaryl/α,β-unsaturated/α-hetero) is 1. The summed E-state index contributed by atoms with van der Waals surface area (Å²) in [5.74, 6) is -0.217. The Morgan fingerprint density at radius 1 is 1.64 bits per heavy atom. The van der Waals surface area contributed by atoms with Crippen molar-refractivity contribution in [2.24, 2.45) is 5.92 Å². The molecule has 0 saturated heterocycles. The summed E-state index contributed by atoms with van der Waals surface area (Å²) in [6.45, 7) is 0. The quantitative estimate of drug-likeness (QED) is 0.530. The van der Waals surface area contributed by atoms with E-state index in [4.69, 9.17) is 0 Å². The van der Waals surface area contributed by atoms with Gasteiger partial charge in [0.05, 0.1) is 13.0 Å². The number of esters is 1. The summed E-state index contributed by atoms with van der Waals surface area (Å²) in [6, 6.07) is 0. The summed E-state index contributed by atoms with van der Waals surface area (Å²) in [7, 11) is 1.36. The fourth-order valence-corrected chi connectivity index (χ4v) is 1.39. The van der Waals surface area contributed by atoms with Crippen LogP contribution in [0.5, 0.6) is 0 Å². The van der Waals surface area contributed by atoms with Crippen LogP contribution in [0.25, 0.3) is 0 Å². The van der Waals surface area contributed by atoms with E-state index in [1.54, 1.807) is 0 Å². The molecule has 1 fully saturated rings. The third-order valence-electron chi connectivity index (χ3n) is 2.02. The van der Waals surface area contributed by atoms with E-state index in [0.29, 0.717) is 12.8 Å². The summed E-state index contributed by atoms with van der Waals surface area (Å²) in [6.07, 6.45) is 2.65. The van der Waals surface area contributed by atoms with E-state index in [1.165, 1.54) is 7.11 Å². The predicted octanol–water partition coefficient (Wildman–Crippen LogP) is 0.919. The van der Waals surface area contributed by atoms with E-state index >= 15 is 0 Å². The largest absolute Gasteiger partial charge is 0.469 e. The van der Waals surface area contributed by atoms with Crippen molar-refractivity contribution in [1.29, 1.82) is 0 Å². The molecule has 0 heterocycles. The third-order valence-corrected chi connectivity index (χ3v) is 2.02. The van der Waals surface area contributed by atoms with Gasteiger partial charge in [-0.05, 0) is 12.8 Å². The van der Waals surface area contributed by atoms with E-state index in [9.17, 15) is 9.59 Å². The standard InChI is InChI=1S/C8H12O3/c1-11-8(10)6-3-2-4-7(9)5-6/h6H,2-5H2,1H3/t6-/m1/s1. The SMILES string of the molecule is COC(=O)[C@@H]1CCCC(=O)C1.